The summed E-state index contributed by atoms with van der Waals surface area (Å²) in [4.78, 5) is 4.34. The Morgan fingerprint density at radius 1 is 1.21 bits per heavy atom. The van der Waals surface area contributed by atoms with Crippen molar-refractivity contribution in [1.82, 2.24) is 9.38 Å². The highest BCUT2D eigenvalue weighted by molar-refractivity contribution is 5.55. The van der Waals surface area contributed by atoms with Crippen LogP contribution >= 0.6 is 0 Å². The molecule has 0 aromatic carbocycles. The first-order valence-electron chi connectivity index (χ1n) is 4.72. The molecule has 0 aliphatic heterocycles. The van der Waals surface area contributed by atoms with Crippen LogP contribution in [0.25, 0.3) is 5.65 Å². The molecule has 2 heterocycles. The topological polar surface area (TPSA) is 43.3 Å². The van der Waals surface area contributed by atoms with Gasteiger partial charge in [-0.2, -0.15) is 0 Å². The molecular formula is C11H15N3. The maximum absolute atomic E-state index is 5.67. The molecule has 0 saturated heterocycles. The highest BCUT2D eigenvalue weighted by atomic mass is 15.0. The lowest BCUT2D eigenvalue weighted by Crippen LogP contribution is -2.11. The number of nitrogens with zero attached hydrogens (tertiary/aromatic N) is 2. The van der Waals surface area contributed by atoms with E-state index < -0.39 is 0 Å². The molecule has 0 spiro atoms. The molecule has 0 aliphatic carbocycles. The first-order valence-corrected chi connectivity index (χ1v) is 4.72. The zero-order chi connectivity index (χ0) is 10.3. The Hall–Kier alpha value is -1.51. The number of aromatic nitrogens is 2. The lowest BCUT2D eigenvalue weighted by atomic mass is 9.89. The Kier molecular flexibility index (Phi) is 1.77. The fourth-order valence-corrected chi connectivity index (χ4v) is 1.58. The second-order valence-corrected chi connectivity index (χ2v) is 4.56. The minimum atomic E-state index is 0.107. The third kappa shape index (κ3) is 1.35. The number of hydrogen-bond acceptors (Lipinski definition) is 2. The summed E-state index contributed by atoms with van der Waals surface area (Å²) < 4.78 is 2.00. The van der Waals surface area contributed by atoms with Gasteiger partial charge >= 0.3 is 0 Å². The molecule has 0 unspecified atom stereocenters. The summed E-state index contributed by atoms with van der Waals surface area (Å²) in [6.07, 6.45) is 3.95. The summed E-state index contributed by atoms with van der Waals surface area (Å²) in [6, 6.07) is 3.90. The Labute approximate surface area is 83.6 Å². The van der Waals surface area contributed by atoms with E-state index in [2.05, 4.69) is 31.8 Å². The highest BCUT2D eigenvalue weighted by Gasteiger charge is 2.18. The fraction of sp³-hybridized carbons (Fsp3) is 0.364. The van der Waals surface area contributed by atoms with Crippen molar-refractivity contribution in [3.05, 3.63) is 30.1 Å². The number of rotatable bonds is 0. The van der Waals surface area contributed by atoms with Crippen molar-refractivity contribution in [3.8, 4) is 0 Å². The Balaban J connectivity index is 2.73. The van der Waals surface area contributed by atoms with E-state index in [1.54, 1.807) is 6.07 Å². The fourth-order valence-electron chi connectivity index (χ4n) is 1.58. The van der Waals surface area contributed by atoms with E-state index in [9.17, 15) is 0 Å². The van der Waals surface area contributed by atoms with Crippen LogP contribution in [0.3, 0.4) is 0 Å². The van der Waals surface area contributed by atoms with Crippen LogP contribution in [0.4, 0.5) is 5.82 Å². The molecule has 0 bridgehead atoms. The molecule has 0 radical (unpaired) electrons. The number of nitrogen functional groups attached to an aromatic ring is 1. The van der Waals surface area contributed by atoms with Crippen LogP contribution in [0.15, 0.2) is 24.5 Å². The van der Waals surface area contributed by atoms with Crippen LogP contribution in [0.5, 0.6) is 0 Å². The molecule has 0 amide bonds. The summed E-state index contributed by atoms with van der Waals surface area (Å²) >= 11 is 0. The zero-order valence-corrected chi connectivity index (χ0v) is 8.78. The second-order valence-electron chi connectivity index (χ2n) is 4.56. The van der Waals surface area contributed by atoms with E-state index in [0.29, 0.717) is 5.82 Å². The summed E-state index contributed by atoms with van der Waals surface area (Å²) in [7, 11) is 0. The van der Waals surface area contributed by atoms with E-state index in [1.165, 1.54) is 5.56 Å². The van der Waals surface area contributed by atoms with Crippen molar-refractivity contribution in [3.63, 3.8) is 0 Å². The van der Waals surface area contributed by atoms with E-state index in [0.717, 1.165) is 5.65 Å². The van der Waals surface area contributed by atoms with Crippen LogP contribution in [0.2, 0.25) is 0 Å². The van der Waals surface area contributed by atoms with Crippen molar-refractivity contribution in [2.24, 2.45) is 0 Å². The van der Waals surface area contributed by atoms with Crippen molar-refractivity contribution in [2.75, 3.05) is 5.73 Å². The first kappa shape index (κ1) is 9.06. The number of fused-ring (bicyclic) bond motifs is 1. The van der Waals surface area contributed by atoms with Gasteiger partial charge in [0.2, 0.25) is 0 Å². The zero-order valence-electron chi connectivity index (χ0n) is 8.78. The van der Waals surface area contributed by atoms with Gasteiger partial charge in [-0.1, -0.05) is 20.8 Å². The summed E-state index contributed by atoms with van der Waals surface area (Å²) in [6.45, 7) is 6.52. The molecule has 74 valence electrons. The Morgan fingerprint density at radius 2 is 1.86 bits per heavy atom. The Bertz CT molecular complexity index is 463. The van der Waals surface area contributed by atoms with Gasteiger partial charge in [0, 0.05) is 18.0 Å². The second kappa shape index (κ2) is 2.74. The molecule has 2 N–H and O–H groups in total. The van der Waals surface area contributed by atoms with Gasteiger partial charge in [0.1, 0.15) is 11.5 Å². The third-order valence-electron chi connectivity index (χ3n) is 2.34. The maximum Gasteiger partial charge on any atom is 0.142 e. The van der Waals surface area contributed by atoms with E-state index in [-0.39, 0.29) is 5.41 Å². The number of anilines is 1. The molecule has 3 heteroatoms. The van der Waals surface area contributed by atoms with Crippen molar-refractivity contribution in [1.29, 1.82) is 0 Å². The van der Waals surface area contributed by atoms with E-state index in [1.807, 2.05) is 16.8 Å². The van der Waals surface area contributed by atoms with Crippen LogP contribution in [-0.4, -0.2) is 9.38 Å². The van der Waals surface area contributed by atoms with E-state index >= 15 is 0 Å². The van der Waals surface area contributed by atoms with Crippen LogP contribution in [0.1, 0.15) is 26.3 Å². The van der Waals surface area contributed by atoms with Crippen LogP contribution in [0, 0.1) is 0 Å². The lowest BCUT2D eigenvalue weighted by Gasteiger charge is -2.16. The molecule has 0 saturated carbocycles. The smallest absolute Gasteiger partial charge is 0.142 e. The predicted molar refractivity (Wildman–Crippen MR) is 58.3 cm³/mol. The molecule has 2 rings (SSSR count). The minimum Gasteiger partial charge on any atom is -0.384 e. The molecule has 2 aromatic heterocycles. The van der Waals surface area contributed by atoms with Crippen molar-refractivity contribution < 1.29 is 0 Å². The summed E-state index contributed by atoms with van der Waals surface area (Å²) in [5, 5.41) is 0. The average Bonchev–Trinajstić information content (AvgIpc) is 2.45. The largest absolute Gasteiger partial charge is 0.384 e. The normalized spacial score (nSPS) is 12.2. The molecule has 3 nitrogen and oxygen atoms in total. The standard InChI is InChI=1S/C11H15N3/c1-11(2,3)8-4-6-14-7-5-9(12)13-10(8)14/h4-7H,1-3H3,(H2,12,13). The Morgan fingerprint density at radius 3 is 2.50 bits per heavy atom. The quantitative estimate of drug-likeness (QED) is 0.690. The highest BCUT2D eigenvalue weighted by Crippen LogP contribution is 2.26. The molecular weight excluding hydrogens is 174 g/mol. The molecule has 2 aromatic rings. The first-order chi connectivity index (χ1) is 6.48. The van der Waals surface area contributed by atoms with Crippen LogP contribution in [-0.2, 0) is 5.41 Å². The minimum absolute atomic E-state index is 0.107. The van der Waals surface area contributed by atoms with Crippen molar-refractivity contribution in [2.45, 2.75) is 26.2 Å². The molecule has 0 atom stereocenters. The van der Waals surface area contributed by atoms with Crippen molar-refractivity contribution >= 4 is 11.5 Å². The van der Waals surface area contributed by atoms with Gasteiger partial charge in [-0.25, -0.2) is 4.98 Å². The molecule has 0 fully saturated rings. The molecule has 0 aliphatic rings. The van der Waals surface area contributed by atoms with Gasteiger partial charge in [-0.3, -0.25) is 0 Å². The summed E-state index contributed by atoms with van der Waals surface area (Å²) in [5.74, 6) is 0.571. The van der Waals surface area contributed by atoms with Gasteiger partial charge in [0.25, 0.3) is 0 Å². The lowest BCUT2D eigenvalue weighted by molar-refractivity contribution is 0.595. The summed E-state index contributed by atoms with van der Waals surface area (Å²) in [5.41, 5.74) is 7.96. The monoisotopic (exact) mass is 189 g/mol. The molecule has 14 heavy (non-hydrogen) atoms. The number of nitrogens with two attached hydrogens (primary N) is 1. The van der Waals surface area contributed by atoms with E-state index in [4.69, 9.17) is 5.73 Å². The third-order valence-corrected chi connectivity index (χ3v) is 2.34. The van der Waals surface area contributed by atoms with Gasteiger partial charge in [-0.05, 0) is 17.5 Å². The number of hydrogen-bond donors (Lipinski definition) is 1. The van der Waals surface area contributed by atoms with Gasteiger partial charge < -0.3 is 10.1 Å². The van der Waals surface area contributed by atoms with Gasteiger partial charge in [0.15, 0.2) is 0 Å². The SMILES string of the molecule is CC(C)(C)c1ccn2ccc(N)nc12. The van der Waals surface area contributed by atoms with Gasteiger partial charge in [0.05, 0.1) is 0 Å². The predicted octanol–water partition coefficient (Wildman–Crippen LogP) is 2.21. The maximum atomic E-state index is 5.67. The van der Waals surface area contributed by atoms with Gasteiger partial charge in [-0.15, -0.1) is 0 Å². The average molecular weight is 189 g/mol. The van der Waals surface area contributed by atoms with Crippen LogP contribution < -0.4 is 5.73 Å².